The first-order valence-electron chi connectivity index (χ1n) is 8.14. The van der Waals surface area contributed by atoms with Gasteiger partial charge in [-0.15, -0.1) is 5.10 Å². The van der Waals surface area contributed by atoms with Gasteiger partial charge in [0, 0.05) is 16.5 Å². The molecule has 0 fully saturated rings. The van der Waals surface area contributed by atoms with Gasteiger partial charge >= 0.3 is 5.63 Å². The van der Waals surface area contributed by atoms with Crippen molar-refractivity contribution in [2.24, 2.45) is 0 Å². The minimum Gasteiger partial charge on any atom is -0.423 e. The Labute approximate surface area is 152 Å². The highest BCUT2D eigenvalue weighted by Gasteiger charge is 2.12. The topological polar surface area (TPSA) is 78.0 Å². The fourth-order valence-electron chi connectivity index (χ4n) is 2.98. The normalized spacial score (nSPS) is 11.3. The number of aryl methyl sites for hydroxylation is 1. The molecule has 26 heavy (non-hydrogen) atoms. The van der Waals surface area contributed by atoms with Crippen LogP contribution < -0.4 is 11.2 Å². The SMILES string of the molecule is CCc1cc2oc(=O)cc(Cn3nnc4ccccc4c3=O)c2cc1Cl. The Balaban J connectivity index is 1.90. The fourth-order valence-corrected chi connectivity index (χ4v) is 3.28. The van der Waals surface area contributed by atoms with Crippen LogP contribution in [-0.4, -0.2) is 15.0 Å². The molecule has 0 amide bonds. The Morgan fingerprint density at radius 1 is 1.08 bits per heavy atom. The van der Waals surface area contributed by atoms with E-state index in [4.69, 9.17) is 16.0 Å². The first-order valence-corrected chi connectivity index (χ1v) is 8.52. The summed E-state index contributed by atoms with van der Waals surface area (Å²) in [7, 11) is 0. The van der Waals surface area contributed by atoms with Crippen LogP contribution >= 0.6 is 11.6 Å². The second-order valence-corrected chi connectivity index (χ2v) is 6.36. The highest BCUT2D eigenvalue weighted by Crippen LogP contribution is 2.26. The molecule has 0 saturated heterocycles. The van der Waals surface area contributed by atoms with Crippen molar-refractivity contribution < 1.29 is 4.42 Å². The van der Waals surface area contributed by atoms with Crippen molar-refractivity contribution in [1.29, 1.82) is 0 Å². The van der Waals surface area contributed by atoms with E-state index in [1.165, 1.54) is 10.7 Å². The largest absolute Gasteiger partial charge is 0.423 e. The average Bonchev–Trinajstić information content (AvgIpc) is 2.64. The van der Waals surface area contributed by atoms with Gasteiger partial charge in [-0.3, -0.25) is 4.79 Å². The van der Waals surface area contributed by atoms with Crippen molar-refractivity contribution in [3.63, 3.8) is 0 Å². The van der Waals surface area contributed by atoms with Crippen molar-refractivity contribution in [2.75, 3.05) is 0 Å². The smallest absolute Gasteiger partial charge is 0.336 e. The maximum absolute atomic E-state index is 12.7. The second-order valence-electron chi connectivity index (χ2n) is 5.95. The summed E-state index contributed by atoms with van der Waals surface area (Å²) in [6.45, 7) is 2.07. The monoisotopic (exact) mass is 367 g/mol. The summed E-state index contributed by atoms with van der Waals surface area (Å²) >= 11 is 6.31. The van der Waals surface area contributed by atoms with Gasteiger partial charge < -0.3 is 4.42 Å². The molecule has 2 aromatic carbocycles. The number of nitrogens with zero attached hydrogens (tertiary/aromatic N) is 3. The quantitative estimate of drug-likeness (QED) is 0.520. The summed E-state index contributed by atoms with van der Waals surface area (Å²) in [5.41, 5.74) is 1.71. The number of halogens is 1. The maximum atomic E-state index is 12.7. The summed E-state index contributed by atoms with van der Waals surface area (Å²) in [5.74, 6) is 0. The van der Waals surface area contributed by atoms with E-state index < -0.39 is 5.63 Å². The molecule has 0 aliphatic carbocycles. The summed E-state index contributed by atoms with van der Waals surface area (Å²) in [5, 5.41) is 9.79. The standard InChI is InChI=1S/C19H14ClN3O3/c1-2-11-7-17-14(9-15(11)20)12(8-18(24)26-17)10-23-19(25)13-5-3-4-6-16(13)21-22-23/h3-9H,2,10H2,1H3. The molecule has 0 radical (unpaired) electrons. The van der Waals surface area contributed by atoms with E-state index in [2.05, 4.69) is 10.3 Å². The van der Waals surface area contributed by atoms with Crippen molar-refractivity contribution >= 4 is 33.5 Å². The van der Waals surface area contributed by atoms with Crippen molar-refractivity contribution in [3.8, 4) is 0 Å². The molecular weight excluding hydrogens is 354 g/mol. The third kappa shape index (κ3) is 2.78. The summed E-state index contributed by atoms with van der Waals surface area (Å²) < 4.78 is 6.53. The molecule has 7 heteroatoms. The van der Waals surface area contributed by atoms with Crippen molar-refractivity contribution in [3.05, 3.63) is 79.4 Å². The van der Waals surface area contributed by atoms with E-state index in [0.717, 1.165) is 12.0 Å². The Kier molecular flexibility index (Phi) is 4.05. The first-order chi connectivity index (χ1) is 12.6. The molecule has 4 aromatic rings. The van der Waals surface area contributed by atoms with Crippen LogP contribution in [0.5, 0.6) is 0 Å². The van der Waals surface area contributed by atoms with Gasteiger partial charge in [-0.2, -0.15) is 0 Å². The van der Waals surface area contributed by atoms with Gasteiger partial charge in [0.1, 0.15) is 11.1 Å². The molecule has 0 atom stereocenters. The van der Waals surface area contributed by atoms with Crippen LogP contribution in [0.4, 0.5) is 0 Å². The van der Waals surface area contributed by atoms with Gasteiger partial charge in [0.15, 0.2) is 0 Å². The van der Waals surface area contributed by atoms with E-state index in [9.17, 15) is 9.59 Å². The van der Waals surface area contributed by atoms with Crippen molar-refractivity contribution in [2.45, 2.75) is 19.9 Å². The molecule has 0 N–H and O–H groups in total. The summed E-state index contributed by atoms with van der Waals surface area (Å²) in [4.78, 5) is 24.6. The fraction of sp³-hybridized carbons (Fsp3) is 0.158. The molecule has 4 rings (SSSR count). The van der Waals surface area contributed by atoms with Gasteiger partial charge in [0.2, 0.25) is 0 Å². The number of benzene rings is 2. The number of rotatable bonds is 3. The second kappa shape index (κ2) is 6.38. The molecule has 0 aliphatic heterocycles. The van der Waals surface area contributed by atoms with E-state index in [1.54, 1.807) is 36.4 Å². The molecule has 130 valence electrons. The van der Waals surface area contributed by atoms with E-state index in [1.807, 2.05) is 6.92 Å². The van der Waals surface area contributed by atoms with Crippen LogP contribution in [0.2, 0.25) is 5.02 Å². The Morgan fingerprint density at radius 2 is 1.88 bits per heavy atom. The number of aromatic nitrogens is 3. The van der Waals surface area contributed by atoms with Gasteiger partial charge in [0.25, 0.3) is 5.56 Å². The van der Waals surface area contributed by atoms with Crippen molar-refractivity contribution in [1.82, 2.24) is 15.0 Å². The number of hydrogen-bond acceptors (Lipinski definition) is 5. The number of fused-ring (bicyclic) bond motifs is 2. The molecule has 0 bridgehead atoms. The molecule has 2 heterocycles. The molecule has 0 unspecified atom stereocenters. The van der Waals surface area contributed by atoms with Crippen LogP contribution in [0.1, 0.15) is 18.1 Å². The Morgan fingerprint density at radius 3 is 2.69 bits per heavy atom. The van der Waals surface area contributed by atoms with Crippen LogP contribution in [0, 0.1) is 0 Å². The zero-order valence-corrected chi connectivity index (χ0v) is 14.7. The molecule has 6 nitrogen and oxygen atoms in total. The van der Waals surface area contributed by atoms with Gasteiger partial charge in [-0.05, 0) is 41.8 Å². The predicted octanol–water partition coefficient (Wildman–Crippen LogP) is 3.16. The minimum absolute atomic E-state index is 0.0978. The van der Waals surface area contributed by atoms with Gasteiger partial charge in [-0.25, -0.2) is 9.48 Å². The minimum atomic E-state index is -0.487. The van der Waals surface area contributed by atoms with E-state index in [-0.39, 0.29) is 12.1 Å². The Bertz CT molecular complexity index is 1260. The molecular formula is C19H14ClN3O3. The third-order valence-electron chi connectivity index (χ3n) is 4.33. The average molecular weight is 368 g/mol. The third-order valence-corrected chi connectivity index (χ3v) is 4.68. The first kappa shape index (κ1) is 16.5. The van der Waals surface area contributed by atoms with Crippen LogP contribution in [-0.2, 0) is 13.0 Å². The molecule has 0 spiro atoms. The zero-order chi connectivity index (χ0) is 18.3. The lowest BCUT2D eigenvalue weighted by Crippen LogP contribution is -2.25. The van der Waals surface area contributed by atoms with Gasteiger partial charge in [0.05, 0.1) is 11.9 Å². The molecule has 2 aromatic heterocycles. The predicted molar refractivity (Wildman–Crippen MR) is 99.8 cm³/mol. The zero-order valence-electron chi connectivity index (χ0n) is 13.9. The van der Waals surface area contributed by atoms with E-state index in [0.29, 0.717) is 32.5 Å². The van der Waals surface area contributed by atoms with Gasteiger partial charge in [-0.1, -0.05) is 35.9 Å². The van der Waals surface area contributed by atoms with Crippen LogP contribution in [0.15, 0.2) is 56.5 Å². The molecule has 0 saturated carbocycles. The van der Waals surface area contributed by atoms with E-state index >= 15 is 0 Å². The highest BCUT2D eigenvalue weighted by atomic mass is 35.5. The lowest BCUT2D eigenvalue weighted by molar-refractivity contribution is 0.551. The Hall–Kier alpha value is -2.99. The number of hydrogen-bond donors (Lipinski definition) is 0. The summed E-state index contributed by atoms with van der Waals surface area (Å²) in [6, 6.07) is 11.9. The maximum Gasteiger partial charge on any atom is 0.336 e. The summed E-state index contributed by atoms with van der Waals surface area (Å²) in [6.07, 6.45) is 0.721. The lowest BCUT2D eigenvalue weighted by Gasteiger charge is -2.09. The lowest BCUT2D eigenvalue weighted by atomic mass is 10.1. The van der Waals surface area contributed by atoms with Crippen LogP contribution in [0.3, 0.4) is 0 Å². The molecule has 0 aliphatic rings. The highest BCUT2D eigenvalue weighted by molar-refractivity contribution is 6.32. The van der Waals surface area contributed by atoms with Crippen LogP contribution in [0.25, 0.3) is 21.9 Å².